The van der Waals surface area contributed by atoms with Crippen LogP contribution in [0.15, 0.2) is 17.0 Å². The lowest BCUT2D eigenvalue weighted by atomic mass is 10.1. The summed E-state index contributed by atoms with van der Waals surface area (Å²) in [6, 6.07) is 0. The Bertz CT molecular complexity index is 787. The van der Waals surface area contributed by atoms with Gasteiger partial charge in [-0.1, -0.05) is 0 Å². The van der Waals surface area contributed by atoms with E-state index in [0.29, 0.717) is 19.6 Å². The van der Waals surface area contributed by atoms with Gasteiger partial charge in [-0.3, -0.25) is 4.90 Å². The van der Waals surface area contributed by atoms with Crippen molar-refractivity contribution in [3.05, 3.63) is 32.7 Å². The van der Waals surface area contributed by atoms with Crippen LogP contribution in [0, 0.1) is 12.8 Å². The molecule has 0 radical (unpaired) electrons. The Kier molecular flexibility index (Phi) is 4.01. The Hall–Kier alpha value is -0.870. The maximum Gasteiger partial charge on any atom is 0.218 e. The summed E-state index contributed by atoms with van der Waals surface area (Å²) < 4.78 is 27.2. The first-order valence-electron chi connectivity index (χ1n) is 7.53. The number of nitrogens with zero attached hydrogens (tertiary/aromatic N) is 4. The molecular weight excluding hydrogens is 352 g/mol. The number of hydrogen-bond acceptors (Lipinski definition) is 7. The van der Waals surface area contributed by atoms with E-state index in [0.717, 1.165) is 28.8 Å². The highest BCUT2D eigenvalue weighted by Crippen LogP contribution is 2.35. The van der Waals surface area contributed by atoms with E-state index in [2.05, 4.69) is 14.9 Å². The summed E-state index contributed by atoms with van der Waals surface area (Å²) in [4.78, 5) is 10.9. The molecule has 9 heteroatoms. The van der Waals surface area contributed by atoms with Gasteiger partial charge in [0, 0.05) is 42.5 Å². The predicted molar refractivity (Wildman–Crippen MR) is 90.8 cm³/mol. The van der Waals surface area contributed by atoms with Crippen molar-refractivity contribution < 1.29 is 8.42 Å². The van der Waals surface area contributed by atoms with Crippen LogP contribution in [-0.4, -0.2) is 52.5 Å². The Labute approximate surface area is 143 Å². The standard InChI is InChI=1S/C14H18N4O2S3/c1-10-16-12(9-22-10)6-18-5-11-4-17(7-13(11)23(18,19)20)8-14-15-2-3-21-14/h2-3,9,11,13H,4-8H2,1H3/t11-,13-/m0/s1. The van der Waals surface area contributed by atoms with E-state index in [9.17, 15) is 8.42 Å². The van der Waals surface area contributed by atoms with E-state index < -0.39 is 10.0 Å². The van der Waals surface area contributed by atoms with Crippen molar-refractivity contribution in [2.45, 2.75) is 25.3 Å². The molecule has 0 spiro atoms. The molecule has 4 heterocycles. The van der Waals surface area contributed by atoms with Crippen LogP contribution in [0.25, 0.3) is 0 Å². The maximum absolute atomic E-state index is 12.8. The van der Waals surface area contributed by atoms with Gasteiger partial charge in [0.05, 0.1) is 29.0 Å². The molecule has 0 unspecified atom stereocenters. The average molecular weight is 371 g/mol. The van der Waals surface area contributed by atoms with Crippen molar-refractivity contribution >= 4 is 32.7 Å². The van der Waals surface area contributed by atoms with Crippen LogP contribution in [0.1, 0.15) is 15.7 Å². The van der Waals surface area contributed by atoms with Crippen molar-refractivity contribution in [2.75, 3.05) is 19.6 Å². The van der Waals surface area contributed by atoms with E-state index >= 15 is 0 Å². The van der Waals surface area contributed by atoms with Crippen LogP contribution in [-0.2, 0) is 23.1 Å². The fourth-order valence-electron chi connectivity index (χ4n) is 3.46. The number of fused-ring (bicyclic) bond motifs is 1. The second-order valence-electron chi connectivity index (χ2n) is 6.11. The van der Waals surface area contributed by atoms with Crippen LogP contribution >= 0.6 is 22.7 Å². The van der Waals surface area contributed by atoms with E-state index in [1.54, 1.807) is 33.2 Å². The van der Waals surface area contributed by atoms with Crippen LogP contribution < -0.4 is 0 Å². The minimum absolute atomic E-state index is 0.194. The molecule has 2 aromatic heterocycles. The molecule has 2 fully saturated rings. The number of thiazole rings is 2. The number of aromatic nitrogens is 2. The Balaban J connectivity index is 1.45. The Morgan fingerprint density at radius 3 is 2.78 bits per heavy atom. The lowest BCUT2D eigenvalue weighted by Gasteiger charge is -2.20. The smallest absolute Gasteiger partial charge is 0.218 e. The van der Waals surface area contributed by atoms with Crippen molar-refractivity contribution in [1.82, 2.24) is 19.2 Å². The Morgan fingerprint density at radius 2 is 2.13 bits per heavy atom. The molecule has 0 aromatic carbocycles. The molecule has 2 aromatic rings. The van der Waals surface area contributed by atoms with Gasteiger partial charge >= 0.3 is 0 Å². The van der Waals surface area contributed by atoms with Crippen molar-refractivity contribution in [1.29, 1.82) is 0 Å². The van der Waals surface area contributed by atoms with Gasteiger partial charge in [-0.25, -0.2) is 18.4 Å². The van der Waals surface area contributed by atoms with Crippen LogP contribution in [0.5, 0.6) is 0 Å². The van der Waals surface area contributed by atoms with Gasteiger partial charge in [-0.15, -0.1) is 22.7 Å². The second kappa shape index (κ2) is 5.89. The zero-order valence-electron chi connectivity index (χ0n) is 12.8. The van der Waals surface area contributed by atoms with Crippen molar-refractivity contribution in [3.63, 3.8) is 0 Å². The largest absolute Gasteiger partial charge is 0.295 e. The Morgan fingerprint density at radius 1 is 1.26 bits per heavy atom. The number of hydrogen-bond donors (Lipinski definition) is 0. The van der Waals surface area contributed by atoms with Gasteiger partial charge < -0.3 is 0 Å². The molecule has 23 heavy (non-hydrogen) atoms. The van der Waals surface area contributed by atoms with Crippen molar-refractivity contribution in [3.8, 4) is 0 Å². The molecule has 2 aliphatic rings. The SMILES string of the molecule is Cc1nc(CN2C[C@@H]3CN(Cc4nccs4)C[C@@H]3S2(=O)=O)cs1. The first-order chi connectivity index (χ1) is 11.0. The van der Waals surface area contributed by atoms with Crippen LogP contribution in [0.3, 0.4) is 0 Å². The van der Waals surface area contributed by atoms with E-state index in [1.807, 2.05) is 17.7 Å². The number of sulfonamides is 1. The van der Waals surface area contributed by atoms with Gasteiger partial charge in [-0.2, -0.15) is 4.31 Å². The fraction of sp³-hybridized carbons (Fsp3) is 0.571. The maximum atomic E-state index is 12.8. The fourth-order valence-corrected chi connectivity index (χ4v) is 6.88. The number of rotatable bonds is 4. The highest BCUT2D eigenvalue weighted by molar-refractivity contribution is 7.90. The molecule has 2 saturated heterocycles. The van der Waals surface area contributed by atoms with Crippen LogP contribution in [0.2, 0.25) is 0 Å². The summed E-state index contributed by atoms with van der Waals surface area (Å²) in [6.45, 7) is 5.16. The number of likely N-dealkylation sites (tertiary alicyclic amines) is 1. The monoisotopic (exact) mass is 370 g/mol. The molecule has 4 rings (SSSR count). The van der Waals surface area contributed by atoms with Gasteiger partial charge in [0.25, 0.3) is 0 Å². The molecule has 0 amide bonds. The predicted octanol–water partition coefficient (Wildman–Crippen LogP) is 1.55. The summed E-state index contributed by atoms with van der Waals surface area (Å²) in [7, 11) is -3.23. The van der Waals surface area contributed by atoms with Crippen LogP contribution in [0.4, 0.5) is 0 Å². The minimum atomic E-state index is -3.23. The van der Waals surface area contributed by atoms with Gasteiger partial charge in [-0.05, 0) is 6.92 Å². The first kappa shape index (κ1) is 15.6. The van der Waals surface area contributed by atoms with E-state index in [4.69, 9.17) is 0 Å². The molecule has 0 N–H and O–H groups in total. The summed E-state index contributed by atoms with van der Waals surface area (Å²) in [6.07, 6.45) is 1.80. The van der Waals surface area contributed by atoms with Gasteiger partial charge in [0.15, 0.2) is 0 Å². The highest BCUT2D eigenvalue weighted by Gasteiger charge is 2.50. The third kappa shape index (κ3) is 2.96. The number of aryl methyl sites for hydroxylation is 1. The average Bonchev–Trinajstić information content (AvgIpc) is 3.23. The summed E-state index contributed by atoms with van der Waals surface area (Å²) >= 11 is 3.19. The quantitative estimate of drug-likeness (QED) is 0.817. The molecule has 2 atom stereocenters. The summed E-state index contributed by atoms with van der Waals surface area (Å²) in [5.41, 5.74) is 0.857. The van der Waals surface area contributed by atoms with E-state index in [1.165, 1.54) is 0 Å². The topological polar surface area (TPSA) is 66.4 Å². The molecule has 124 valence electrons. The first-order valence-corrected chi connectivity index (χ1v) is 10.8. The summed E-state index contributed by atoms with van der Waals surface area (Å²) in [5, 5.41) is 5.67. The third-order valence-corrected chi connectivity index (χ3v) is 8.37. The minimum Gasteiger partial charge on any atom is -0.295 e. The second-order valence-corrected chi connectivity index (χ2v) is 10.3. The van der Waals surface area contributed by atoms with Gasteiger partial charge in [0.1, 0.15) is 5.01 Å². The van der Waals surface area contributed by atoms with Gasteiger partial charge in [0.2, 0.25) is 10.0 Å². The summed E-state index contributed by atoms with van der Waals surface area (Å²) in [5.74, 6) is 0.194. The molecule has 0 saturated carbocycles. The van der Waals surface area contributed by atoms with E-state index in [-0.39, 0.29) is 11.2 Å². The molecule has 0 aliphatic carbocycles. The lowest BCUT2D eigenvalue weighted by molar-refractivity contribution is 0.294. The zero-order chi connectivity index (χ0) is 16.0. The molecule has 2 aliphatic heterocycles. The zero-order valence-corrected chi connectivity index (χ0v) is 15.2. The molecule has 6 nitrogen and oxygen atoms in total. The molecule has 0 bridgehead atoms. The lowest BCUT2D eigenvalue weighted by Crippen LogP contribution is -2.34. The van der Waals surface area contributed by atoms with Crippen molar-refractivity contribution in [2.24, 2.45) is 5.92 Å². The normalized spacial score (nSPS) is 27.5. The highest BCUT2D eigenvalue weighted by atomic mass is 32.2. The molecular formula is C14H18N4O2S3. The third-order valence-electron chi connectivity index (χ3n) is 4.48.